The molecule has 29 heavy (non-hydrogen) atoms. The van der Waals surface area contributed by atoms with Crippen LogP contribution in [0.2, 0.25) is 0 Å². The largest absolute Gasteiger partial charge is 0.373 e. The molecule has 5 heteroatoms. The molecule has 1 N–H and O–H groups in total. The van der Waals surface area contributed by atoms with Crippen LogP contribution in [0.5, 0.6) is 0 Å². The van der Waals surface area contributed by atoms with Gasteiger partial charge in [-0.2, -0.15) is 0 Å². The van der Waals surface area contributed by atoms with Crippen LogP contribution in [0.15, 0.2) is 66.7 Å². The van der Waals surface area contributed by atoms with Crippen LogP contribution < -0.4 is 15.1 Å². The average Bonchev–Trinajstić information content (AvgIpc) is 3.02. The van der Waals surface area contributed by atoms with Crippen LogP contribution in [-0.4, -0.2) is 38.5 Å². The maximum absolute atomic E-state index is 12.8. The Morgan fingerprint density at radius 3 is 2.55 bits per heavy atom. The summed E-state index contributed by atoms with van der Waals surface area (Å²) in [5.41, 5.74) is 2.84. The first kappa shape index (κ1) is 19.0. The highest BCUT2D eigenvalue weighted by Crippen LogP contribution is 2.37. The summed E-state index contributed by atoms with van der Waals surface area (Å²) in [5, 5.41) is 5.07. The molecule has 0 radical (unpaired) electrons. The molecular formula is C24H25N3O2. The Balaban J connectivity index is 1.25. The Morgan fingerprint density at radius 2 is 1.76 bits per heavy atom. The Kier molecular flexibility index (Phi) is 5.47. The molecule has 1 aliphatic rings. The predicted octanol–water partition coefficient (Wildman–Crippen LogP) is 3.83. The molecule has 4 rings (SSSR count). The zero-order valence-electron chi connectivity index (χ0n) is 16.6. The highest BCUT2D eigenvalue weighted by molar-refractivity contribution is 6.25. The molecule has 3 aromatic carbocycles. The fourth-order valence-corrected chi connectivity index (χ4v) is 3.86. The second-order valence-electron chi connectivity index (χ2n) is 7.35. The molecule has 0 aliphatic carbocycles. The van der Waals surface area contributed by atoms with E-state index >= 15 is 0 Å². The van der Waals surface area contributed by atoms with Gasteiger partial charge in [-0.3, -0.25) is 9.59 Å². The van der Waals surface area contributed by atoms with Crippen molar-refractivity contribution in [1.82, 2.24) is 5.32 Å². The summed E-state index contributed by atoms with van der Waals surface area (Å²) < 4.78 is 0. The highest BCUT2D eigenvalue weighted by atomic mass is 16.2. The minimum absolute atomic E-state index is 0.0221. The minimum atomic E-state index is 0.0221. The van der Waals surface area contributed by atoms with Crippen molar-refractivity contribution in [2.24, 2.45) is 0 Å². The first-order valence-electron chi connectivity index (χ1n) is 10.0. The molecule has 3 aromatic rings. The van der Waals surface area contributed by atoms with Gasteiger partial charge in [0.25, 0.3) is 5.91 Å². The maximum atomic E-state index is 12.8. The standard InChI is InChI=1S/C24H25N3O2/c1-26(19-10-3-2-4-11-19)17-15-25-22(28)14-7-16-27-21-13-6-9-18-8-5-12-20(23(18)21)24(27)29/h2-6,8-13H,7,14-17H2,1H3,(H,25,28). The molecule has 1 aliphatic heterocycles. The van der Waals surface area contributed by atoms with Crippen LogP contribution in [0.4, 0.5) is 11.4 Å². The van der Waals surface area contributed by atoms with Crippen molar-refractivity contribution in [2.45, 2.75) is 12.8 Å². The van der Waals surface area contributed by atoms with Crippen molar-refractivity contribution in [3.63, 3.8) is 0 Å². The molecule has 0 fully saturated rings. The number of hydrogen-bond acceptors (Lipinski definition) is 3. The van der Waals surface area contributed by atoms with Crippen molar-refractivity contribution in [2.75, 3.05) is 36.5 Å². The molecule has 5 nitrogen and oxygen atoms in total. The van der Waals surface area contributed by atoms with Gasteiger partial charge in [0, 0.05) is 49.7 Å². The maximum Gasteiger partial charge on any atom is 0.258 e. The van der Waals surface area contributed by atoms with Gasteiger partial charge in [0.1, 0.15) is 0 Å². The quantitative estimate of drug-likeness (QED) is 0.639. The smallest absolute Gasteiger partial charge is 0.258 e. The second kappa shape index (κ2) is 8.35. The molecule has 0 bridgehead atoms. The SMILES string of the molecule is CN(CCNC(=O)CCCN1C(=O)c2cccc3cccc1c23)c1ccccc1. The van der Waals surface area contributed by atoms with E-state index in [1.807, 2.05) is 73.8 Å². The third-order valence-electron chi connectivity index (χ3n) is 5.40. The lowest BCUT2D eigenvalue weighted by Crippen LogP contribution is -2.34. The average molecular weight is 387 g/mol. The van der Waals surface area contributed by atoms with E-state index < -0.39 is 0 Å². The number of hydrogen-bond donors (Lipinski definition) is 1. The number of carbonyl (C=O) groups excluding carboxylic acids is 2. The van der Waals surface area contributed by atoms with Crippen LogP contribution >= 0.6 is 0 Å². The number of anilines is 2. The Hall–Kier alpha value is -3.34. The topological polar surface area (TPSA) is 52.7 Å². The Labute approximate surface area is 170 Å². The number of para-hydroxylation sites is 1. The Morgan fingerprint density at radius 1 is 1.00 bits per heavy atom. The van der Waals surface area contributed by atoms with Gasteiger partial charge >= 0.3 is 0 Å². The van der Waals surface area contributed by atoms with Crippen molar-refractivity contribution in [1.29, 1.82) is 0 Å². The Bertz CT molecular complexity index is 1030. The van der Waals surface area contributed by atoms with Crippen molar-refractivity contribution in [3.05, 3.63) is 72.3 Å². The first-order valence-corrected chi connectivity index (χ1v) is 10.0. The van der Waals surface area contributed by atoms with Gasteiger partial charge in [-0.15, -0.1) is 0 Å². The molecule has 0 aromatic heterocycles. The van der Waals surface area contributed by atoms with E-state index in [4.69, 9.17) is 0 Å². The van der Waals surface area contributed by atoms with Gasteiger partial charge in [-0.1, -0.05) is 42.5 Å². The number of benzene rings is 3. The van der Waals surface area contributed by atoms with E-state index in [9.17, 15) is 9.59 Å². The predicted molar refractivity (Wildman–Crippen MR) is 118 cm³/mol. The number of nitrogens with one attached hydrogen (secondary N) is 1. The lowest BCUT2D eigenvalue weighted by Gasteiger charge is -2.20. The van der Waals surface area contributed by atoms with Crippen LogP contribution in [0.25, 0.3) is 10.8 Å². The van der Waals surface area contributed by atoms with Crippen molar-refractivity contribution >= 4 is 34.0 Å². The fourth-order valence-electron chi connectivity index (χ4n) is 3.86. The van der Waals surface area contributed by atoms with E-state index in [0.717, 1.165) is 34.3 Å². The highest BCUT2D eigenvalue weighted by Gasteiger charge is 2.28. The molecule has 0 atom stereocenters. The molecule has 148 valence electrons. The zero-order valence-corrected chi connectivity index (χ0v) is 16.6. The summed E-state index contributed by atoms with van der Waals surface area (Å²) in [7, 11) is 2.01. The lowest BCUT2D eigenvalue weighted by atomic mass is 10.1. The van der Waals surface area contributed by atoms with Gasteiger partial charge in [0.2, 0.25) is 5.91 Å². The van der Waals surface area contributed by atoms with Gasteiger partial charge in [-0.25, -0.2) is 0 Å². The van der Waals surface area contributed by atoms with E-state index in [0.29, 0.717) is 25.9 Å². The monoisotopic (exact) mass is 387 g/mol. The molecule has 0 saturated heterocycles. The molecular weight excluding hydrogens is 362 g/mol. The van der Waals surface area contributed by atoms with Crippen molar-refractivity contribution < 1.29 is 9.59 Å². The summed E-state index contributed by atoms with van der Waals surface area (Å²) in [5.74, 6) is 0.0514. The van der Waals surface area contributed by atoms with E-state index in [1.165, 1.54) is 0 Å². The van der Waals surface area contributed by atoms with Crippen LogP contribution in [0, 0.1) is 0 Å². The fraction of sp³-hybridized carbons (Fsp3) is 0.250. The van der Waals surface area contributed by atoms with E-state index in [1.54, 1.807) is 4.90 Å². The molecule has 0 saturated carbocycles. The number of rotatable bonds is 8. The van der Waals surface area contributed by atoms with E-state index in [2.05, 4.69) is 10.2 Å². The van der Waals surface area contributed by atoms with Crippen LogP contribution in [0.1, 0.15) is 23.2 Å². The third-order valence-corrected chi connectivity index (χ3v) is 5.40. The summed E-state index contributed by atoms with van der Waals surface area (Å²) in [6.07, 6.45) is 1.04. The zero-order chi connectivity index (χ0) is 20.2. The summed E-state index contributed by atoms with van der Waals surface area (Å²) in [6, 6.07) is 21.9. The van der Waals surface area contributed by atoms with Gasteiger partial charge in [0.15, 0.2) is 0 Å². The van der Waals surface area contributed by atoms with Crippen LogP contribution in [-0.2, 0) is 4.79 Å². The minimum Gasteiger partial charge on any atom is -0.373 e. The number of nitrogens with zero attached hydrogens (tertiary/aromatic N) is 2. The molecule has 0 spiro atoms. The number of likely N-dealkylation sites (N-methyl/N-ethyl adjacent to an activating group) is 1. The number of carbonyl (C=O) groups is 2. The number of amides is 2. The molecule has 1 heterocycles. The summed E-state index contributed by atoms with van der Waals surface area (Å²) in [6.45, 7) is 1.89. The van der Waals surface area contributed by atoms with Gasteiger partial charge in [-0.05, 0) is 36.1 Å². The van der Waals surface area contributed by atoms with Gasteiger partial charge < -0.3 is 15.1 Å². The summed E-state index contributed by atoms with van der Waals surface area (Å²) >= 11 is 0. The lowest BCUT2D eigenvalue weighted by molar-refractivity contribution is -0.121. The van der Waals surface area contributed by atoms with Crippen molar-refractivity contribution in [3.8, 4) is 0 Å². The second-order valence-corrected chi connectivity index (χ2v) is 7.35. The normalized spacial score (nSPS) is 12.4. The molecule has 0 unspecified atom stereocenters. The summed E-state index contributed by atoms with van der Waals surface area (Å²) in [4.78, 5) is 28.9. The third kappa shape index (κ3) is 3.94. The van der Waals surface area contributed by atoms with Crippen LogP contribution in [0.3, 0.4) is 0 Å². The molecule has 2 amide bonds. The van der Waals surface area contributed by atoms with E-state index in [-0.39, 0.29) is 11.8 Å². The first-order chi connectivity index (χ1) is 14.1. The van der Waals surface area contributed by atoms with Gasteiger partial charge in [0.05, 0.1) is 5.69 Å².